The Hall–Kier alpha value is -3.00. The topological polar surface area (TPSA) is 97.0 Å². The van der Waals surface area contributed by atoms with Gasteiger partial charge >= 0.3 is 0 Å². The molecule has 132 valence electrons. The predicted octanol–water partition coefficient (Wildman–Crippen LogP) is 2.80. The summed E-state index contributed by atoms with van der Waals surface area (Å²) in [6.45, 7) is 0.801. The summed E-state index contributed by atoms with van der Waals surface area (Å²) >= 11 is 1.52. The molecule has 4 rings (SSSR count). The molecular formula is C18H18N6OS. The minimum Gasteiger partial charge on any atom is -0.368 e. The molecule has 0 spiro atoms. The second kappa shape index (κ2) is 7.09. The molecule has 0 aromatic carbocycles. The molecule has 0 unspecified atom stereocenters. The number of primary amides is 1. The Labute approximate surface area is 154 Å². The number of thiazole rings is 1. The number of nitrogens with two attached hydrogens (primary N) is 1. The van der Waals surface area contributed by atoms with Crippen LogP contribution in [0.1, 0.15) is 12.8 Å². The number of rotatable bonds is 5. The Morgan fingerprint density at radius 3 is 2.88 bits per heavy atom. The lowest BCUT2D eigenvalue weighted by Gasteiger charge is -2.20. The Balaban J connectivity index is 1.56. The fourth-order valence-electron chi connectivity index (χ4n) is 3.02. The number of hydrogen-bond donors (Lipinski definition) is 2. The molecule has 1 saturated heterocycles. The van der Waals surface area contributed by atoms with E-state index in [1.54, 1.807) is 12.4 Å². The number of amides is 1. The molecule has 1 atom stereocenters. The quantitative estimate of drug-likeness (QED) is 0.721. The molecule has 1 aliphatic rings. The van der Waals surface area contributed by atoms with Crippen LogP contribution in [0, 0.1) is 0 Å². The molecule has 1 aliphatic heterocycles. The number of carbonyl (C=O) groups is 1. The lowest BCUT2D eigenvalue weighted by molar-refractivity contribution is -0.119. The van der Waals surface area contributed by atoms with Crippen LogP contribution in [0.25, 0.3) is 10.6 Å². The first-order valence-electron chi connectivity index (χ1n) is 8.38. The summed E-state index contributed by atoms with van der Waals surface area (Å²) < 4.78 is 0. The zero-order valence-electron chi connectivity index (χ0n) is 14.0. The van der Waals surface area contributed by atoms with Crippen molar-refractivity contribution in [1.29, 1.82) is 0 Å². The van der Waals surface area contributed by atoms with Crippen molar-refractivity contribution in [2.75, 3.05) is 16.8 Å². The summed E-state index contributed by atoms with van der Waals surface area (Å²) in [6, 6.07) is 11.2. The van der Waals surface area contributed by atoms with Crippen molar-refractivity contribution in [1.82, 2.24) is 15.0 Å². The highest BCUT2D eigenvalue weighted by Crippen LogP contribution is 2.34. The third-order valence-corrected chi connectivity index (χ3v) is 5.30. The van der Waals surface area contributed by atoms with Gasteiger partial charge in [0.25, 0.3) is 0 Å². The van der Waals surface area contributed by atoms with Gasteiger partial charge in [-0.25, -0.2) is 15.0 Å². The van der Waals surface area contributed by atoms with Gasteiger partial charge in [-0.3, -0.25) is 4.79 Å². The van der Waals surface area contributed by atoms with Crippen LogP contribution in [0.4, 0.5) is 16.8 Å². The van der Waals surface area contributed by atoms with Crippen LogP contribution in [0.3, 0.4) is 0 Å². The van der Waals surface area contributed by atoms with Gasteiger partial charge in [0, 0.05) is 18.9 Å². The van der Waals surface area contributed by atoms with Gasteiger partial charge in [-0.15, -0.1) is 0 Å². The fraction of sp³-hybridized carbons (Fsp3) is 0.222. The second-order valence-corrected chi connectivity index (χ2v) is 7.02. The molecule has 0 saturated carbocycles. The summed E-state index contributed by atoms with van der Waals surface area (Å²) in [5, 5.41) is 4.00. The minimum absolute atomic E-state index is 0.265. The highest BCUT2D eigenvalue weighted by Gasteiger charge is 2.31. The molecule has 3 aromatic heterocycles. The summed E-state index contributed by atoms with van der Waals surface area (Å²) in [6.07, 6.45) is 5.26. The predicted molar refractivity (Wildman–Crippen MR) is 102 cm³/mol. The number of carbonyl (C=O) groups excluding carboxylic acids is 1. The van der Waals surface area contributed by atoms with E-state index in [0.29, 0.717) is 5.82 Å². The summed E-state index contributed by atoms with van der Waals surface area (Å²) in [5.41, 5.74) is 6.33. The third-order valence-electron chi connectivity index (χ3n) is 4.24. The Kier molecular flexibility index (Phi) is 4.49. The molecular weight excluding hydrogens is 348 g/mol. The average molecular weight is 366 g/mol. The molecule has 3 N–H and O–H groups in total. The molecule has 8 heteroatoms. The van der Waals surface area contributed by atoms with E-state index in [-0.39, 0.29) is 11.9 Å². The van der Waals surface area contributed by atoms with E-state index in [4.69, 9.17) is 5.73 Å². The number of pyridine rings is 2. The van der Waals surface area contributed by atoms with Crippen LogP contribution in [0.5, 0.6) is 0 Å². The number of hydrogen-bond acceptors (Lipinski definition) is 7. The van der Waals surface area contributed by atoms with Crippen molar-refractivity contribution in [3.05, 3.63) is 48.8 Å². The molecule has 0 radical (unpaired) electrons. The van der Waals surface area contributed by atoms with Gasteiger partial charge < -0.3 is 16.0 Å². The van der Waals surface area contributed by atoms with Crippen LogP contribution in [0.2, 0.25) is 0 Å². The molecule has 3 aromatic rings. The van der Waals surface area contributed by atoms with Crippen LogP contribution in [-0.2, 0) is 4.79 Å². The van der Waals surface area contributed by atoms with E-state index < -0.39 is 0 Å². The molecule has 0 bridgehead atoms. The van der Waals surface area contributed by atoms with E-state index in [1.807, 2.05) is 41.3 Å². The van der Waals surface area contributed by atoms with Gasteiger partial charge in [0.2, 0.25) is 5.91 Å². The molecule has 4 heterocycles. The van der Waals surface area contributed by atoms with Gasteiger partial charge in [-0.1, -0.05) is 23.5 Å². The van der Waals surface area contributed by atoms with Crippen molar-refractivity contribution in [3.8, 4) is 10.6 Å². The van der Waals surface area contributed by atoms with Crippen molar-refractivity contribution < 1.29 is 4.79 Å². The van der Waals surface area contributed by atoms with Crippen LogP contribution in [-0.4, -0.2) is 33.4 Å². The summed E-state index contributed by atoms with van der Waals surface area (Å²) in [7, 11) is 0. The Bertz CT molecular complexity index is 913. The smallest absolute Gasteiger partial charge is 0.240 e. The fourth-order valence-corrected chi connectivity index (χ4v) is 3.98. The third kappa shape index (κ3) is 3.36. The van der Waals surface area contributed by atoms with Crippen molar-refractivity contribution in [3.63, 3.8) is 0 Å². The average Bonchev–Trinajstić information content (AvgIpc) is 3.32. The number of nitrogens with one attached hydrogen (secondary N) is 1. The first-order valence-corrected chi connectivity index (χ1v) is 9.19. The largest absolute Gasteiger partial charge is 0.368 e. The van der Waals surface area contributed by atoms with Crippen LogP contribution < -0.4 is 16.0 Å². The first kappa shape index (κ1) is 16.5. The van der Waals surface area contributed by atoms with E-state index in [1.165, 1.54) is 11.3 Å². The van der Waals surface area contributed by atoms with Crippen LogP contribution in [0.15, 0.2) is 48.8 Å². The van der Waals surface area contributed by atoms with Gasteiger partial charge in [0.15, 0.2) is 5.13 Å². The number of aromatic nitrogens is 3. The second-order valence-electron chi connectivity index (χ2n) is 6.01. The summed E-state index contributed by atoms with van der Waals surface area (Å²) in [5.74, 6) is 1.16. The van der Waals surface area contributed by atoms with E-state index in [0.717, 1.165) is 40.9 Å². The molecule has 0 aliphatic carbocycles. The number of nitrogens with zero attached hydrogens (tertiary/aromatic N) is 4. The maximum Gasteiger partial charge on any atom is 0.240 e. The lowest BCUT2D eigenvalue weighted by Crippen LogP contribution is -2.40. The van der Waals surface area contributed by atoms with Crippen LogP contribution >= 0.6 is 11.3 Å². The Morgan fingerprint density at radius 1 is 1.19 bits per heavy atom. The molecule has 7 nitrogen and oxygen atoms in total. The van der Waals surface area contributed by atoms with E-state index in [9.17, 15) is 4.79 Å². The molecule has 26 heavy (non-hydrogen) atoms. The van der Waals surface area contributed by atoms with Crippen molar-refractivity contribution in [2.24, 2.45) is 5.73 Å². The van der Waals surface area contributed by atoms with Gasteiger partial charge in [0.1, 0.15) is 17.7 Å². The molecule has 1 fully saturated rings. The van der Waals surface area contributed by atoms with E-state index >= 15 is 0 Å². The highest BCUT2D eigenvalue weighted by molar-refractivity contribution is 7.18. The standard InChI is InChI=1S/C18H18N6OS/c19-17(25)13-6-4-10-24(13)18-21-11-14(26-18)12-5-3-8-16(22-12)23-15-7-1-2-9-20-15/h1-3,5,7-9,11,13H,4,6,10H2,(H2,19,25)(H,20,22,23)/t13-/m0/s1. The Morgan fingerprint density at radius 2 is 2.08 bits per heavy atom. The van der Waals surface area contributed by atoms with Gasteiger partial charge in [0.05, 0.1) is 10.6 Å². The zero-order chi connectivity index (χ0) is 17.9. The normalized spacial score (nSPS) is 16.6. The molecule has 1 amide bonds. The maximum atomic E-state index is 11.6. The lowest BCUT2D eigenvalue weighted by atomic mass is 10.2. The maximum absolute atomic E-state index is 11.6. The van der Waals surface area contributed by atoms with Gasteiger partial charge in [-0.05, 0) is 37.1 Å². The number of anilines is 3. The minimum atomic E-state index is -0.293. The highest BCUT2D eigenvalue weighted by atomic mass is 32.1. The van der Waals surface area contributed by atoms with E-state index in [2.05, 4.69) is 20.3 Å². The van der Waals surface area contributed by atoms with Gasteiger partial charge in [-0.2, -0.15) is 0 Å². The summed E-state index contributed by atoms with van der Waals surface area (Å²) in [4.78, 5) is 27.9. The SMILES string of the molecule is NC(=O)[C@@H]1CCCN1c1ncc(-c2cccc(Nc3ccccn3)n2)s1. The van der Waals surface area contributed by atoms with Crippen molar-refractivity contribution >= 4 is 34.0 Å². The zero-order valence-corrected chi connectivity index (χ0v) is 14.8. The first-order chi connectivity index (χ1) is 12.7. The monoisotopic (exact) mass is 366 g/mol. The van der Waals surface area contributed by atoms with Crippen molar-refractivity contribution in [2.45, 2.75) is 18.9 Å².